The molecule has 192 valence electrons. The summed E-state index contributed by atoms with van der Waals surface area (Å²) in [6.07, 6.45) is 2.39. The van der Waals surface area contributed by atoms with Crippen molar-refractivity contribution >= 4 is 33.3 Å². The number of allylic oxidation sites excluding steroid dienone is 1. The number of hydrogen-bond acceptors (Lipinski definition) is 7. The lowest BCUT2D eigenvalue weighted by molar-refractivity contribution is -0.155. The molecule has 0 bridgehead atoms. The molecule has 0 fully saturated rings. The van der Waals surface area contributed by atoms with Gasteiger partial charge in [0.15, 0.2) is 0 Å². The Morgan fingerprint density at radius 2 is 1.86 bits per heavy atom. The number of carbonyl (C=O) groups is 2. The largest absolute Gasteiger partial charge is 0.457 e. The summed E-state index contributed by atoms with van der Waals surface area (Å²) in [6.45, 7) is 11.0. The molecule has 1 aliphatic heterocycles. The number of ether oxygens (including phenoxy) is 1. The molecule has 1 aliphatic rings. The number of Topliss-reactive ketones (excluding diaryl/α,β-unsaturated/α-hetero) is 1. The van der Waals surface area contributed by atoms with Crippen LogP contribution in [0.15, 0.2) is 29.8 Å². The third kappa shape index (κ3) is 6.57. The van der Waals surface area contributed by atoms with Crippen molar-refractivity contribution in [3.8, 4) is 0 Å². The normalized spacial score (nSPS) is 31.1. The fourth-order valence-corrected chi connectivity index (χ4v) is 5.69. The van der Waals surface area contributed by atoms with Crippen LogP contribution in [-0.2, 0) is 14.3 Å². The number of nitrogens with zero attached hydrogens (tertiary/aromatic N) is 1. The maximum atomic E-state index is 13.2. The second-order valence-corrected chi connectivity index (χ2v) is 11.9. The third-order valence-electron chi connectivity index (χ3n) is 7.41. The SMILES string of the molecule is C/C1=C/C[C@@H](c2ccc3nc(C)sc3c2)OC(=O)C[C@H](O)C(C)(C)C(=O)C(C)[C@@H](O)C(C)CCC1. The van der Waals surface area contributed by atoms with Crippen molar-refractivity contribution < 1.29 is 24.5 Å². The Balaban J connectivity index is 1.91. The van der Waals surface area contributed by atoms with E-state index in [1.807, 2.05) is 32.0 Å². The topological polar surface area (TPSA) is 96.7 Å². The van der Waals surface area contributed by atoms with Gasteiger partial charge in [-0.15, -0.1) is 11.3 Å². The molecule has 0 amide bonds. The summed E-state index contributed by atoms with van der Waals surface area (Å²) >= 11 is 1.60. The van der Waals surface area contributed by atoms with Gasteiger partial charge in [-0.05, 0) is 56.7 Å². The molecule has 5 atom stereocenters. The molecule has 2 N–H and O–H groups in total. The van der Waals surface area contributed by atoms with Crippen LogP contribution in [0.4, 0.5) is 0 Å². The summed E-state index contributed by atoms with van der Waals surface area (Å²) in [6, 6.07) is 5.91. The standard InChI is InChI=1S/C28H39NO5S/c1-16-8-7-9-17(2)26(32)18(3)27(33)28(5,6)24(30)15-25(31)34-22(13-10-16)20-11-12-21-23(14-20)35-19(4)29-21/h10-12,14,17-18,22,24,26,30,32H,7-9,13,15H2,1-6H3/b16-10-/t17?,18?,22-,24-,26-/m0/s1. The molecule has 2 unspecified atom stereocenters. The number of benzene rings is 1. The number of fused-ring (bicyclic) bond motifs is 1. The molecule has 0 radical (unpaired) electrons. The summed E-state index contributed by atoms with van der Waals surface area (Å²) in [5.41, 5.74) is 1.81. The molecule has 0 aliphatic carbocycles. The number of cyclic esters (lactones) is 1. The molecule has 6 nitrogen and oxygen atoms in total. The van der Waals surface area contributed by atoms with Crippen molar-refractivity contribution in [2.24, 2.45) is 17.3 Å². The Bertz CT molecular complexity index is 1090. The van der Waals surface area contributed by atoms with Crippen LogP contribution in [0.1, 0.15) is 83.4 Å². The monoisotopic (exact) mass is 501 g/mol. The van der Waals surface area contributed by atoms with Gasteiger partial charge in [-0.3, -0.25) is 9.59 Å². The Morgan fingerprint density at radius 1 is 1.14 bits per heavy atom. The van der Waals surface area contributed by atoms with E-state index in [9.17, 15) is 19.8 Å². The molecule has 1 aromatic heterocycles. The molecule has 0 spiro atoms. The molecule has 2 aromatic rings. The van der Waals surface area contributed by atoms with Gasteiger partial charge in [0.25, 0.3) is 0 Å². The van der Waals surface area contributed by atoms with Crippen molar-refractivity contribution in [1.29, 1.82) is 0 Å². The lowest BCUT2D eigenvalue weighted by Crippen LogP contribution is -2.45. The van der Waals surface area contributed by atoms with Crippen molar-refractivity contribution in [1.82, 2.24) is 4.98 Å². The number of esters is 1. The second kappa shape index (κ2) is 11.3. The van der Waals surface area contributed by atoms with Gasteiger partial charge in [-0.2, -0.15) is 0 Å². The van der Waals surface area contributed by atoms with E-state index in [1.165, 1.54) is 5.57 Å². The van der Waals surface area contributed by atoms with E-state index in [-0.39, 0.29) is 18.1 Å². The van der Waals surface area contributed by atoms with Gasteiger partial charge in [0.05, 0.1) is 39.3 Å². The minimum absolute atomic E-state index is 0.0464. The molecule has 7 heteroatoms. The smallest absolute Gasteiger partial charge is 0.309 e. The van der Waals surface area contributed by atoms with Gasteiger partial charge in [0.1, 0.15) is 11.9 Å². The van der Waals surface area contributed by atoms with Crippen molar-refractivity contribution in [2.45, 2.75) is 92.0 Å². The maximum absolute atomic E-state index is 13.2. The van der Waals surface area contributed by atoms with Crippen molar-refractivity contribution in [3.05, 3.63) is 40.4 Å². The number of carbonyl (C=O) groups excluding carboxylic acids is 2. The van der Waals surface area contributed by atoms with E-state index in [0.29, 0.717) is 6.42 Å². The van der Waals surface area contributed by atoms with E-state index in [0.717, 1.165) is 40.1 Å². The number of aromatic nitrogens is 1. The number of aliphatic hydroxyl groups is 2. The maximum Gasteiger partial charge on any atom is 0.309 e. The summed E-state index contributed by atoms with van der Waals surface area (Å²) in [5.74, 6) is -1.49. The fourth-order valence-electron chi connectivity index (χ4n) is 4.81. The van der Waals surface area contributed by atoms with Crippen molar-refractivity contribution in [2.75, 3.05) is 0 Å². The van der Waals surface area contributed by atoms with Crippen LogP contribution in [0.5, 0.6) is 0 Å². The number of hydrogen-bond donors (Lipinski definition) is 2. The Morgan fingerprint density at radius 3 is 2.57 bits per heavy atom. The molecule has 2 heterocycles. The summed E-state index contributed by atoms with van der Waals surface area (Å²) in [7, 11) is 0. The van der Waals surface area contributed by atoms with Crippen molar-refractivity contribution in [3.63, 3.8) is 0 Å². The number of thiazole rings is 1. The minimum Gasteiger partial charge on any atom is -0.457 e. The number of aryl methyl sites for hydroxylation is 1. The Hall–Kier alpha value is -2.09. The average Bonchev–Trinajstić information content (AvgIpc) is 3.18. The van der Waals surface area contributed by atoms with E-state index in [1.54, 1.807) is 32.1 Å². The predicted octanol–water partition coefficient (Wildman–Crippen LogP) is 5.69. The summed E-state index contributed by atoms with van der Waals surface area (Å²) in [4.78, 5) is 30.7. The quantitative estimate of drug-likeness (QED) is 0.385. The van der Waals surface area contributed by atoms with Crippen LogP contribution in [-0.4, -0.2) is 39.2 Å². The van der Waals surface area contributed by atoms with E-state index >= 15 is 0 Å². The zero-order valence-electron chi connectivity index (χ0n) is 21.7. The molecular weight excluding hydrogens is 462 g/mol. The first-order valence-corrected chi connectivity index (χ1v) is 13.3. The summed E-state index contributed by atoms with van der Waals surface area (Å²) < 4.78 is 6.92. The highest BCUT2D eigenvalue weighted by atomic mass is 32.1. The molecule has 3 rings (SSSR count). The van der Waals surface area contributed by atoms with Gasteiger partial charge < -0.3 is 14.9 Å². The van der Waals surface area contributed by atoms with Gasteiger partial charge >= 0.3 is 5.97 Å². The van der Waals surface area contributed by atoms with Crippen LogP contribution in [0.2, 0.25) is 0 Å². The average molecular weight is 502 g/mol. The van der Waals surface area contributed by atoms with Gasteiger partial charge in [0, 0.05) is 12.3 Å². The zero-order valence-corrected chi connectivity index (χ0v) is 22.5. The predicted molar refractivity (Wildman–Crippen MR) is 139 cm³/mol. The minimum atomic E-state index is -1.22. The third-order valence-corrected chi connectivity index (χ3v) is 8.35. The molecular formula is C28H39NO5S. The zero-order chi connectivity index (χ0) is 25.9. The second-order valence-electron chi connectivity index (χ2n) is 10.7. The fraction of sp³-hybridized carbons (Fsp3) is 0.607. The number of aliphatic hydroxyl groups excluding tert-OH is 2. The van der Waals surface area contributed by atoms with Crippen LogP contribution in [0, 0.1) is 24.2 Å². The first-order valence-electron chi connectivity index (χ1n) is 12.5. The number of rotatable bonds is 1. The van der Waals surface area contributed by atoms with E-state index < -0.39 is 35.6 Å². The van der Waals surface area contributed by atoms with Crippen LogP contribution >= 0.6 is 11.3 Å². The van der Waals surface area contributed by atoms with E-state index in [4.69, 9.17) is 4.74 Å². The van der Waals surface area contributed by atoms with Gasteiger partial charge in [-0.1, -0.05) is 45.4 Å². The van der Waals surface area contributed by atoms with Crippen LogP contribution in [0.3, 0.4) is 0 Å². The highest BCUT2D eigenvalue weighted by molar-refractivity contribution is 7.18. The van der Waals surface area contributed by atoms with Crippen LogP contribution in [0.25, 0.3) is 10.2 Å². The molecule has 0 saturated carbocycles. The highest BCUT2D eigenvalue weighted by Crippen LogP contribution is 2.34. The highest BCUT2D eigenvalue weighted by Gasteiger charge is 2.42. The van der Waals surface area contributed by atoms with Gasteiger partial charge in [0.2, 0.25) is 0 Å². The van der Waals surface area contributed by atoms with Crippen LogP contribution < -0.4 is 0 Å². The Kier molecular flexibility index (Phi) is 8.89. The number of ketones is 1. The van der Waals surface area contributed by atoms with Gasteiger partial charge in [-0.25, -0.2) is 4.98 Å². The lowest BCUT2D eigenvalue weighted by Gasteiger charge is -2.34. The first kappa shape index (κ1) is 27.5. The molecule has 1 aromatic carbocycles. The first-order chi connectivity index (χ1) is 16.4. The summed E-state index contributed by atoms with van der Waals surface area (Å²) in [5, 5.41) is 22.6. The molecule has 0 saturated heterocycles. The lowest BCUT2D eigenvalue weighted by atomic mass is 9.73. The Labute approximate surface area is 212 Å². The molecule has 35 heavy (non-hydrogen) atoms. The van der Waals surface area contributed by atoms with E-state index in [2.05, 4.69) is 18.0 Å².